The Kier molecular flexibility index (Phi) is 7.07. The van der Waals surface area contributed by atoms with Gasteiger partial charge in [0.15, 0.2) is 0 Å². The molecular weight excluding hydrogens is 250 g/mol. The van der Waals surface area contributed by atoms with E-state index < -0.39 is 0 Å². The molecule has 2 aromatic rings. The molecule has 0 aliphatic carbocycles. The van der Waals surface area contributed by atoms with E-state index in [1.54, 1.807) is 19.1 Å². The summed E-state index contributed by atoms with van der Waals surface area (Å²) in [4.78, 5) is 11.0. The summed E-state index contributed by atoms with van der Waals surface area (Å²) in [6.45, 7) is 4.20. The highest BCUT2D eigenvalue weighted by atomic mass is 16.5. The third-order valence-corrected chi connectivity index (χ3v) is 2.61. The first-order chi connectivity index (χ1) is 9.65. The van der Waals surface area contributed by atoms with E-state index in [4.69, 9.17) is 10.5 Å². The van der Waals surface area contributed by atoms with Crippen LogP contribution >= 0.6 is 0 Å². The lowest BCUT2D eigenvalue weighted by atomic mass is 10.1. The van der Waals surface area contributed by atoms with Gasteiger partial charge in [-0.3, -0.25) is 0 Å². The monoisotopic (exact) mass is 271 g/mol. The lowest BCUT2D eigenvalue weighted by molar-refractivity contribution is 0.0526. The standard InChI is InChI=1S/C9H10O2.C8H11N/c1-2-11-9(10)8-6-4-3-5-7-8;1-7(9)8-5-3-2-4-6-8/h3-7H,2H2,1H3;2-7H,9H2,1H3/t;7-/m.1/s1. The zero-order valence-electron chi connectivity index (χ0n) is 12.0. The normalized spacial score (nSPS) is 10.9. The Balaban J connectivity index is 0.000000204. The Morgan fingerprint density at radius 1 is 1.05 bits per heavy atom. The topological polar surface area (TPSA) is 52.3 Å². The molecule has 0 aromatic heterocycles. The van der Waals surface area contributed by atoms with Gasteiger partial charge >= 0.3 is 5.97 Å². The van der Waals surface area contributed by atoms with Gasteiger partial charge in [0, 0.05) is 6.04 Å². The summed E-state index contributed by atoms with van der Waals surface area (Å²) >= 11 is 0. The molecule has 3 heteroatoms. The fourth-order valence-corrected chi connectivity index (χ4v) is 1.55. The lowest BCUT2D eigenvalue weighted by Gasteiger charge is -2.02. The summed E-state index contributed by atoms with van der Waals surface area (Å²) in [6.07, 6.45) is 0. The second-order valence-corrected chi connectivity index (χ2v) is 4.29. The van der Waals surface area contributed by atoms with E-state index in [0.29, 0.717) is 12.2 Å². The van der Waals surface area contributed by atoms with Crippen LogP contribution in [0.4, 0.5) is 0 Å². The fraction of sp³-hybridized carbons (Fsp3) is 0.235. The van der Waals surface area contributed by atoms with Crippen molar-refractivity contribution in [3.05, 3.63) is 71.8 Å². The van der Waals surface area contributed by atoms with Crippen LogP contribution in [0.3, 0.4) is 0 Å². The van der Waals surface area contributed by atoms with Crippen LogP contribution in [0.1, 0.15) is 35.8 Å². The Hall–Kier alpha value is -2.13. The van der Waals surface area contributed by atoms with E-state index >= 15 is 0 Å². The van der Waals surface area contributed by atoms with Gasteiger partial charge in [0.05, 0.1) is 12.2 Å². The van der Waals surface area contributed by atoms with Crippen molar-refractivity contribution < 1.29 is 9.53 Å². The number of ether oxygens (including phenoxy) is 1. The molecule has 0 radical (unpaired) electrons. The van der Waals surface area contributed by atoms with Gasteiger partial charge in [0.2, 0.25) is 0 Å². The highest BCUT2D eigenvalue weighted by Crippen LogP contribution is 2.06. The minimum absolute atomic E-state index is 0.159. The maximum atomic E-state index is 11.0. The number of benzene rings is 2. The zero-order valence-corrected chi connectivity index (χ0v) is 12.0. The Morgan fingerprint density at radius 3 is 1.95 bits per heavy atom. The predicted octanol–water partition coefficient (Wildman–Crippen LogP) is 3.57. The Morgan fingerprint density at radius 2 is 1.55 bits per heavy atom. The molecular formula is C17H21NO2. The van der Waals surface area contributed by atoms with Crippen LogP contribution in [0.2, 0.25) is 0 Å². The number of hydrogen-bond acceptors (Lipinski definition) is 3. The molecule has 0 aliphatic rings. The molecule has 0 spiro atoms. The van der Waals surface area contributed by atoms with Crippen LogP contribution in [-0.4, -0.2) is 12.6 Å². The molecule has 0 aliphatic heterocycles. The van der Waals surface area contributed by atoms with Crippen molar-refractivity contribution >= 4 is 5.97 Å². The highest BCUT2D eigenvalue weighted by molar-refractivity contribution is 5.89. The van der Waals surface area contributed by atoms with Crippen LogP contribution in [0, 0.1) is 0 Å². The van der Waals surface area contributed by atoms with Crippen LogP contribution < -0.4 is 5.73 Å². The van der Waals surface area contributed by atoms with Crippen molar-refractivity contribution in [3.63, 3.8) is 0 Å². The van der Waals surface area contributed by atoms with E-state index in [9.17, 15) is 4.79 Å². The van der Waals surface area contributed by atoms with Gasteiger partial charge in [-0.1, -0.05) is 48.5 Å². The summed E-state index contributed by atoms with van der Waals surface area (Å²) in [5, 5.41) is 0. The number of hydrogen-bond donors (Lipinski definition) is 1. The second kappa shape index (κ2) is 8.88. The molecule has 1 atom stereocenters. The van der Waals surface area contributed by atoms with Crippen molar-refractivity contribution in [1.82, 2.24) is 0 Å². The van der Waals surface area contributed by atoms with Gasteiger partial charge in [-0.05, 0) is 31.5 Å². The molecule has 0 amide bonds. The molecule has 0 heterocycles. The smallest absolute Gasteiger partial charge is 0.338 e. The zero-order chi connectivity index (χ0) is 14.8. The third-order valence-electron chi connectivity index (χ3n) is 2.61. The summed E-state index contributed by atoms with van der Waals surface area (Å²) in [7, 11) is 0. The van der Waals surface area contributed by atoms with Gasteiger partial charge in [-0.2, -0.15) is 0 Å². The van der Waals surface area contributed by atoms with Crippen LogP contribution in [0.15, 0.2) is 60.7 Å². The SMILES string of the molecule is CCOC(=O)c1ccccc1.C[C@@H](N)c1ccccc1. The molecule has 106 valence electrons. The van der Waals surface area contributed by atoms with Gasteiger partial charge in [0.1, 0.15) is 0 Å². The van der Waals surface area contributed by atoms with Gasteiger partial charge < -0.3 is 10.5 Å². The average molecular weight is 271 g/mol. The summed E-state index contributed by atoms with van der Waals surface area (Å²) < 4.78 is 4.79. The van der Waals surface area contributed by atoms with Gasteiger partial charge in [-0.25, -0.2) is 4.79 Å². The van der Waals surface area contributed by atoms with E-state index in [-0.39, 0.29) is 12.0 Å². The molecule has 0 saturated heterocycles. The van der Waals surface area contributed by atoms with E-state index in [1.807, 2.05) is 55.5 Å². The molecule has 2 aromatic carbocycles. The fourth-order valence-electron chi connectivity index (χ4n) is 1.55. The predicted molar refractivity (Wildman–Crippen MR) is 81.4 cm³/mol. The summed E-state index contributed by atoms with van der Waals surface area (Å²) in [5.41, 5.74) is 7.41. The van der Waals surface area contributed by atoms with Crippen molar-refractivity contribution in [3.8, 4) is 0 Å². The van der Waals surface area contributed by atoms with Crippen molar-refractivity contribution in [2.24, 2.45) is 5.73 Å². The first-order valence-corrected chi connectivity index (χ1v) is 6.67. The number of esters is 1. The molecule has 20 heavy (non-hydrogen) atoms. The van der Waals surface area contributed by atoms with Crippen LogP contribution in [0.5, 0.6) is 0 Å². The van der Waals surface area contributed by atoms with Gasteiger partial charge in [-0.15, -0.1) is 0 Å². The van der Waals surface area contributed by atoms with Gasteiger partial charge in [0.25, 0.3) is 0 Å². The van der Waals surface area contributed by atoms with E-state index in [0.717, 1.165) is 0 Å². The lowest BCUT2D eigenvalue weighted by Crippen LogP contribution is -2.03. The van der Waals surface area contributed by atoms with Crippen LogP contribution in [-0.2, 0) is 4.74 Å². The maximum absolute atomic E-state index is 11.0. The Labute approximate surface area is 120 Å². The quantitative estimate of drug-likeness (QED) is 0.868. The van der Waals surface area contributed by atoms with Crippen LogP contribution in [0.25, 0.3) is 0 Å². The number of rotatable bonds is 3. The molecule has 0 saturated carbocycles. The molecule has 0 fully saturated rings. The summed E-state index contributed by atoms with van der Waals surface area (Å²) in [6, 6.07) is 19.2. The molecule has 0 unspecified atom stereocenters. The molecule has 3 nitrogen and oxygen atoms in total. The average Bonchev–Trinajstić information content (AvgIpc) is 2.50. The van der Waals surface area contributed by atoms with E-state index in [2.05, 4.69) is 0 Å². The summed E-state index contributed by atoms with van der Waals surface area (Å²) in [5.74, 6) is -0.256. The largest absolute Gasteiger partial charge is 0.462 e. The Bertz CT molecular complexity index is 495. The van der Waals surface area contributed by atoms with Crippen molar-refractivity contribution in [1.29, 1.82) is 0 Å². The minimum Gasteiger partial charge on any atom is -0.462 e. The molecule has 2 rings (SSSR count). The number of carbonyl (C=O) groups is 1. The number of nitrogens with two attached hydrogens (primary N) is 1. The van der Waals surface area contributed by atoms with E-state index in [1.165, 1.54) is 5.56 Å². The maximum Gasteiger partial charge on any atom is 0.338 e. The number of carbonyl (C=O) groups excluding carboxylic acids is 1. The molecule has 2 N–H and O–H groups in total. The second-order valence-electron chi connectivity index (χ2n) is 4.29. The van der Waals surface area contributed by atoms with Crippen molar-refractivity contribution in [2.45, 2.75) is 19.9 Å². The molecule has 0 bridgehead atoms. The first kappa shape index (κ1) is 15.9. The van der Waals surface area contributed by atoms with Crippen molar-refractivity contribution in [2.75, 3.05) is 6.61 Å². The highest BCUT2D eigenvalue weighted by Gasteiger charge is 2.02. The first-order valence-electron chi connectivity index (χ1n) is 6.67. The minimum atomic E-state index is -0.256. The third kappa shape index (κ3) is 5.67.